The summed E-state index contributed by atoms with van der Waals surface area (Å²) in [7, 11) is 0. The summed E-state index contributed by atoms with van der Waals surface area (Å²) in [5.41, 5.74) is 0. The van der Waals surface area contributed by atoms with Crippen LogP contribution in [0.1, 0.15) is 5.82 Å². The van der Waals surface area contributed by atoms with Crippen LogP contribution in [0.5, 0.6) is 0 Å². The quantitative estimate of drug-likeness (QED) is 0.520. The fourth-order valence-electron chi connectivity index (χ4n) is 1.04. The van der Waals surface area contributed by atoms with Crippen molar-refractivity contribution in [1.29, 1.82) is 0 Å². The highest BCUT2D eigenvalue weighted by Crippen LogP contribution is 1.92. The number of imidazole rings is 1. The van der Waals surface area contributed by atoms with Crippen LogP contribution in [0.25, 0.3) is 0 Å². The second-order valence-electron chi connectivity index (χ2n) is 2.66. The van der Waals surface area contributed by atoms with E-state index in [1.807, 2.05) is 25.4 Å². The summed E-state index contributed by atoms with van der Waals surface area (Å²) in [5, 5.41) is 3.23. The minimum atomic E-state index is 0.869. The third-order valence-corrected chi connectivity index (χ3v) is 1.74. The zero-order valence-corrected chi connectivity index (χ0v) is 7.45. The average Bonchev–Trinajstić information content (AvgIpc) is 2.46. The lowest BCUT2D eigenvalue weighted by Gasteiger charge is -2.04. The Morgan fingerprint density at radius 1 is 1.75 bits per heavy atom. The van der Waals surface area contributed by atoms with Gasteiger partial charge in [-0.3, -0.25) is 0 Å². The molecule has 3 nitrogen and oxygen atoms in total. The van der Waals surface area contributed by atoms with Gasteiger partial charge in [0, 0.05) is 32.0 Å². The van der Waals surface area contributed by atoms with Crippen LogP contribution in [0.3, 0.4) is 0 Å². The Labute approximate surface area is 73.1 Å². The fraction of sp³-hybridized carbons (Fsp3) is 0.444. The van der Waals surface area contributed by atoms with Gasteiger partial charge >= 0.3 is 0 Å². The van der Waals surface area contributed by atoms with E-state index in [0.29, 0.717) is 0 Å². The van der Waals surface area contributed by atoms with E-state index in [-0.39, 0.29) is 0 Å². The zero-order valence-electron chi connectivity index (χ0n) is 7.45. The van der Waals surface area contributed by atoms with E-state index in [0.717, 1.165) is 25.5 Å². The van der Waals surface area contributed by atoms with Gasteiger partial charge in [0.25, 0.3) is 0 Å². The van der Waals surface area contributed by atoms with Gasteiger partial charge in [0.1, 0.15) is 5.82 Å². The molecule has 0 aliphatic carbocycles. The van der Waals surface area contributed by atoms with E-state index in [2.05, 4.69) is 21.4 Å². The molecule has 1 aromatic rings. The van der Waals surface area contributed by atoms with Crippen molar-refractivity contribution >= 4 is 0 Å². The number of aryl methyl sites for hydroxylation is 1. The normalized spacial score (nSPS) is 10.1. The van der Waals surface area contributed by atoms with Crippen molar-refractivity contribution in [3.05, 3.63) is 30.9 Å². The van der Waals surface area contributed by atoms with Gasteiger partial charge in [0.05, 0.1) is 0 Å². The van der Waals surface area contributed by atoms with Gasteiger partial charge in [0.15, 0.2) is 0 Å². The molecule has 0 atom stereocenters. The van der Waals surface area contributed by atoms with Crippen LogP contribution in [0.2, 0.25) is 0 Å². The first kappa shape index (κ1) is 9.00. The molecule has 1 rings (SSSR count). The lowest BCUT2D eigenvalue weighted by Crippen LogP contribution is -2.19. The Hall–Kier alpha value is -1.09. The van der Waals surface area contributed by atoms with E-state index >= 15 is 0 Å². The molecule has 0 aliphatic heterocycles. The summed E-state index contributed by atoms with van der Waals surface area (Å²) in [6.45, 7) is 8.44. The van der Waals surface area contributed by atoms with E-state index in [1.165, 1.54) is 0 Å². The standard InChI is InChI=1S/C9H15N3/c1-3-4-10-5-7-12-8-6-11-9(12)2/h3,6,8,10H,1,4-5,7H2,2H3. The van der Waals surface area contributed by atoms with Crippen LogP contribution < -0.4 is 5.32 Å². The molecule has 0 saturated carbocycles. The Bertz CT molecular complexity index is 240. The minimum absolute atomic E-state index is 0.869. The number of rotatable bonds is 5. The summed E-state index contributed by atoms with van der Waals surface area (Å²) in [6, 6.07) is 0. The van der Waals surface area contributed by atoms with Crippen LogP contribution in [-0.2, 0) is 6.54 Å². The SMILES string of the molecule is C=CCNCCn1ccnc1C. The average molecular weight is 165 g/mol. The molecule has 0 amide bonds. The molecule has 0 aliphatic rings. The number of nitrogens with one attached hydrogen (secondary N) is 1. The molecular weight excluding hydrogens is 150 g/mol. The number of aromatic nitrogens is 2. The highest BCUT2D eigenvalue weighted by molar-refractivity contribution is 4.88. The number of nitrogens with zero attached hydrogens (tertiary/aromatic N) is 2. The van der Waals surface area contributed by atoms with Gasteiger partial charge in [-0.2, -0.15) is 0 Å². The lowest BCUT2D eigenvalue weighted by molar-refractivity contribution is 0.612. The van der Waals surface area contributed by atoms with Gasteiger partial charge in [0.2, 0.25) is 0 Å². The van der Waals surface area contributed by atoms with E-state index in [1.54, 1.807) is 0 Å². The molecule has 1 aromatic heterocycles. The molecular formula is C9H15N3. The predicted octanol–water partition coefficient (Wildman–Crippen LogP) is 0.967. The molecule has 0 bridgehead atoms. The summed E-state index contributed by atoms with van der Waals surface area (Å²) in [6.07, 6.45) is 5.68. The highest BCUT2D eigenvalue weighted by Gasteiger charge is 1.93. The first-order valence-corrected chi connectivity index (χ1v) is 4.14. The van der Waals surface area contributed by atoms with Gasteiger partial charge in [-0.15, -0.1) is 6.58 Å². The smallest absolute Gasteiger partial charge is 0.105 e. The van der Waals surface area contributed by atoms with Gasteiger partial charge in [-0.1, -0.05) is 6.08 Å². The molecule has 0 unspecified atom stereocenters. The molecule has 0 radical (unpaired) electrons. The van der Waals surface area contributed by atoms with E-state index in [4.69, 9.17) is 0 Å². The third kappa shape index (κ3) is 2.51. The predicted molar refractivity (Wildman–Crippen MR) is 50.0 cm³/mol. The van der Waals surface area contributed by atoms with Crippen molar-refractivity contribution in [2.75, 3.05) is 13.1 Å². The first-order valence-electron chi connectivity index (χ1n) is 4.14. The zero-order chi connectivity index (χ0) is 8.81. The molecule has 66 valence electrons. The molecule has 1 N–H and O–H groups in total. The van der Waals surface area contributed by atoms with Crippen LogP contribution in [0, 0.1) is 6.92 Å². The Morgan fingerprint density at radius 3 is 3.17 bits per heavy atom. The van der Waals surface area contributed by atoms with Crippen molar-refractivity contribution < 1.29 is 0 Å². The topological polar surface area (TPSA) is 29.9 Å². The van der Waals surface area contributed by atoms with Crippen molar-refractivity contribution in [3.8, 4) is 0 Å². The third-order valence-electron chi connectivity index (χ3n) is 1.74. The maximum atomic E-state index is 4.13. The lowest BCUT2D eigenvalue weighted by atomic mass is 10.5. The van der Waals surface area contributed by atoms with Gasteiger partial charge in [-0.25, -0.2) is 4.98 Å². The molecule has 12 heavy (non-hydrogen) atoms. The molecule has 3 heteroatoms. The summed E-state index contributed by atoms with van der Waals surface area (Å²) >= 11 is 0. The van der Waals surface area contributed by atoms with E-state index in [9.17, 15) is 0 Å². The first-order chi connectivity index (χ1) is 5.84. The maximum Gasteiger partial charge on any atom is 0.105 e. The van der Waals surface area contributed by atoms with Crippen LogP contribution in [-0.4, -0.2) is 22.6 Å². The molecule has 0 saturated heterocycles. The summed E-state index contributed by atoms with van der Waals surface area (Å²) < 4.78 is 2.12. The van der Waals surface area contributed by atoms with Crippen LogP contribution >= 0.6 is 0 Å². The monoisotopic (exact) mass is 165 g/mol. The van der Waals surface area contributed by atoms with Crippen molar-refractivity contribution in [3.63, 3.8) is 0 Å². The molecule has 1 heterocycles. The molecule has 0 fully saturated rings. The molecule has 0 aromatic carbocycles. The van der Waals surface area contributed by atoms with Crippen molar-refractivity contribution in [2.45, 2.75) is 13.5 Å². The summed E-state index contributed by atoms with van der Waals surface area (Å²) in [5.74, 6) is 1.07. The second kappa shape index (κ2) is 4.72. The molecule has 0 spiro atoms. The Balaban J connectivity index is 2.24. The summed E-state index contributed by atoms with van der Waals surface area (Å²) in [4.78, 5) is 4.13. The maximum absolute atomic E-state index is 4.13. The van der Waals surface area contributed by atoms with Gasteiger partial charge in [-0.05, 0) is 6.92 Å². The number of hydrogen-bond acceptors (Lipinski definition) is 2. The van der Waals surface area contributed by atoms with Crippen molar-refractivity contribution in [1.82, 2.24) is 14.9 Å². The van der Waals surface area contributed by atoms with Gasteiger partial charge < -0.3 is 9.88 Å². The van der Waals surface area contributed by atoms with Crippen LogP contribution in [0.4, 0.5) is 0 Å². The van der Waals surface area contributed by atoms with E-state index < -0.39 is 0 Å². The highest BCUT2D eigenvalue weighted by atomic mass is 15.1. The largest absolute Gasteiger partial charge is 0.334 e. The van der Waals surface area contributed by atoms with Crippen LogP contribution in [0.15, 0.2) is 25.0 Å². The Kier molecular flexibility index (Phi) is 3.54. The second-order valence-corrected chi connectivity index (χ2v) is 2.66. The Morgan fingerprint density at radius 2 is 2.58 bits per heavy atom. The number of hydrogen-bond donors (Lipinski definition) is 1. The fourth-order valence-corrected chi connectivity index (χ4v) is 1.04. The minimum Gasteiger partial charge on any atom is -0.334 e. The van der Waals surface area contributed by atoms with Crippen molar-refractivity contribution in [2.24, 2.45) is 0 Å².